The maximum Gasteiger partial charge on any atom is 0.227 e. The molecule has 1 aromatic heterocycles. The third-order valence-corrected chi connectivity index (χ3v) is 5.36. The number of nitrogens with one attached hydrogen (secondary N) is 1. The van der Waals surface area contributed by atoms with Gasteiger partial charge < -0.3 is 19.7 Å². The van der Waals surface area contributed by atoms with E-state index in [1.165, 1.54) is 5.69 Å². The van der Waals surface area contributed by atoms with Gasteiger partial charge in [0.05, 0.1) is 36.2 Å². The molecule has 1 N–H and O–H groups in total. The second-order valence-corrected chi connectivity index (χ2v) is 7.34. The number of aromatic nitrogens is 2. The number of morpholine rings is 1. The molecule has 0 bridgehead atoms. The first-order valence-corrected chi connectivity index (χ1v) is 9.98. The molecule has 0 saturated carbocycles. The van der Waals surface area contributed by atoms with Gasteiger partial charge in [0.25, 0.3) is 0 Å². The molecule has 8 heteroatoms. The van der Waals surface area contributed by atoms with Gasteiger partial charge in [-0.25, -0.2) is 9.97 Å². The molecule has 2 saturated heterocycles. The summed E-state index contributed by atoms with van der Waals surface area (Å²) < 4.78 is 11.1. The van der Waals surface area contributed by atoms with Gasteiger partial charge in [0.15, 0.2) is 0 Å². The molecular weight excluding hydrogens is 399 g/mol. The average Bonchev–Trinajstić information content (AvgIpc) is 3.23. The van der Waals surface area contributed by atoms with E-state index in [2.05, 4.69) is 44.5 Å². The van der Waals surface area contributed by atoms with Gasteiger partial charge >= 0.3 is 0 Å². The molecule has 1 atom stereocenters. The number of benzene rings is 1. The van der Waals surface area contributed by atoms with Crippen LogP contribution in [0.2, 0.25) is 5.02 Å². The van der Waals surface area contributed by atoms with Crippen molar-refractivity contribution in [2.24, 2.45) is 0 Å². The molecule has 0 amide bonds. The third-order valence-electron chi connectivity index (χ3n) is 5.04. The smallest absolute Gasteiger partial charge is 0.227 e. The Balaban J connectivity index is 0.00000225. The molecule has 1 unspecified atom stereocenters. The molecule has 0 spiro atoms. The van der Waals surface area contributed by atoms with Gasteiger partial charge in [0, 0.05) is 31.1 Å². The fraction of sp³-hybridized carbons (Fsp3) is 0.500. The zero-order valence-electron chi connectivity index (χ0n) is 15.8. The number of ether oxygens (including phenoxy) is 2. The normalized spacial score (nSPS) is 19.3. The van der Waals surface area contributed by atoms with E-state index in [-0.39, 0.29) is 12.4 Å². The summed E-state index contributed by atoms with van der Waals surface area (Å²) in [5.41, 5.74) is 3.03. The van der Waals surface area contributed by atoms with Crippen LogP contribution in [0.3, 0.4) is 0 Å². The van der Waals surface area contributed by atoms with E-state index >= 15 is 0 Å². The van der Waals surface area contributed by atoms with Crippen LogP contribution in [0.1, 0.15) is 25.0 Å². The number of hydrogen-bond donors (Lipinski definition) is 1. The van der Waals surface area contributed by atoms with E-state index in [1.54, 1.807) is 6.20 Å². The predicted molar refractivity (Wildman–Crippen MR) is 114 cm³/mol. The quantitative estimate of drug-likeness (QED) is 0.747. The monoisotopic (exact) mass is 424 g/mol. The predicted octanol–water partition coefficient (Wildman–Crippen LogP) is 4.24. The highest BCUT2D eigenvalue weighted by atomic mass is 35.5. The summed E-state index contributed by atoms with van der Waals surface area (Å²) in [6.45, 7) is 4.30. The highest BCUT2D eigenvalue weighted by molar-refractivity contribution is 6.31. The van der Waals surface area contributed by atoms with E-state index in [1.807, 2.05) is 0 Å². The molecule has 0 radical (unpaired) electrons. The Morgan fingerprint density at radius 1 is 1.14 bits per heavy atom. The van der Waals surface area contributed by atoms with Crippen molar-refractivity contribution in [3.05, 3.63) is 41.2 Å². The number of hydrogen-bond acceptors (Lipinski definition) is 6. The molecule has 3 heterocycles. The third kappa shape index (κ3) is 5.47. The minimum Gasteiger partial charge on any atom is -0.378 e. The lowest BCUT2D eigenvalue weighted by Crippen LogP contribution is -2.36. The largest absolute Gasteiger partial charge is 0.378 e. The van der Waals surface area contributed by atoms with Crippen molar-refractivity contribution in [1.29, 1.82) is 0 Å². The minimum atomic E-state index is 0. The number of halogens is 2. The first kappa shape index (κ1) is 21.1. The Morgan fingerprint density at radius 3 is 2.64 bits per heavy atom. The lowest BCUT2D eigenvalue weighted by molar-refractivity contribution is 0.104. The van der Waals surface area contributed by atoms with Crippen LogP contribution < -0.4 is 10.2 Å². The topological polar surface area (TPSA) is 59.5 Å². The van der Waals surface area contributed by atoms with Crippen molar-refractivity contribution in [2.75, 3.05) is 43.1 Å². The van der Waals surface area contributed by atoms with E-state index in [4.69, 9.17) is 21.1 Å². The SMILES string of the molecule is Cl.Clc1cnc(Nc2ccc(N3CCOCC3)cc2)nc1CCC1CCCO1. The zero-order chi connectivity index (χ0) is 18.5. The Morgan fingerprint density at radius 2 is 1.93 bits per heavy atom. The van der Waals surface area contributed by atoms with Crippen LogP contribution in [0.4, 0.5) is 17.3 Å². The maximum absolute atomic E-state index is 6.28. The fourth-order valence-corrected chi connectivity index (χ4v) is 3.70. The van der Waals surface area contributed by atoms with Crippen molar-refractivity contribution in [3.63, 3.8) is 0 Å². The first-order valence-electron chi connectivity index (χ1n) is 9.61. The van der Waals surface area contributed by atoms with Crippen molar-refractivity contribution < 1.29 is 9.47 Å². The van der Waals surface area contributed by atoms with Gasteiger partial charge in [-0.15, -0.1) is 12.4 Å². The molecule has 6 nitrogen and oxygen atoms in total. The molecule has 1 aromatic carbocycles. The van der Waals surface area contributed by atoms with Crippen LogP contribution in [0.15, 0.2) is 30.5 Å². The second-order valence-electron chi connectivity index (χ2n) is 6.93. The van der Waals surface area contributed by atoms with Gasteiger partial charge in [-0.2, -0.15) is 0 Å². The molecule has 2 aromatic rings. The summed E-state index contributed by atoms with van der Waals surface area (Å²) in [5, 5.41) is 3.89. The van der Waals surface area contributed by atoms with Crippen LogP contribution in [-0.4, -0.2) is 49.0 Å². The van der Waals surface area contributed by atoms with Gasteiger partial charge in [-0.1, -0.05) is 11.6 Å². The van der Waals surface area contributed by atoms with Crippen LogP contribution >= 0.6 is 24.0 Å². The summed E-state index contributed by atoms with van der Waals surface area (Å²) in [7, 11) is 0. The lowest BCUT2D eigenvalue weighted by atomic mass is 10.1. The second kappa shape index (κ2) is 10.3. The summed E-state index contributed by atoms with van der Waals surface area (Å²) in [4.78, 5) is 11.2. The Labute approximate surface area is 177 Å². The lowest BCUT2D eigenvalue weighted by Gasteiger charge is -2.28. The molecule has 28 heavy (non-hydrogen) atoms. The van der Waals surface area contributed by atoms with Gasteiger partial charge in [0.2, 0.25) is 5.95 Å². The van der Waals surface area contributed by atoms with Crippen molar-refractivity contribution >= 4 is 41.3 Å². The molecular formula is C20H26Cl2N4O2. The molecule has 2 fully saturated rings. The Bertz CT molecular complexity index is 748. The van der Waals surface area contributed by atoms with Crippen molar-refractivity contribution in [3.8, 4) is 0 Å². The first-order chi connectivity index (χ1) is 13.3. The number of rotatable bonds is 6. The molecule has 152 valence electrons. The van der Waals surface area contributed by atoms with E-state index in [0.29, 0.717) is 17.1 Å². The molecule has 0 aliphatic carbocycles. The Hall–Kier alpha value is -1.60. The van der Waals surface area contributed by atoms with Crippen LogP contribution in [-0.2, 0) is 15.9 Å². The average molecular weight is 425 g/mol. The molecule has 2 aliphatic heterocycles. The summed E-state index contributed by atoms with van der Waals surface area (Å²) in [5.74, 6) is 0.570. The van der Waals surface area contributed by atoms with E-state index < -0.39 is 0 Å². The number of nitrogens with zero attached hydrogens (tertiary/aromatic N) is 3. The van der Waals surface area contributed by atoms with Crippen LogP contribution in [0, 0.1) is 0 Å². The van der Waals surface area contributed by atoms with E-state index in [0.717, 1.165) is 70.0 Å². The summed E-state index contributed by atoms with van der Waals surface area (Å²) in [6.07, 6.45) is 6.03. The number of anilines is 3. The standard InChI is InChI=1S/C20H25ClN4O2.ClH/c21-18-14-22-20(24-19(18)8-7-17-2-1-11-27-17)23-15-3-5-16(6-4-15)25-9-12-26-13-10-25;/h3-6,14,17H,1-2,7-13H2,(H,22,23,24);1H. The molecule has 4 rings (SSSR count). The highest BCUT2D eigenvalue weighted by Crippen LogP contribution is 2.24. The Kier molecular flexibility index (Phi) is 7.73. The summed E-state index contributed by atoms with van der Waals surface area (Å²) >= 11 is 6.28. The van der Waals surface area contributed by atoms with Crippen molar-refractivity contribution in [1.82, 2.24) is 9.97 Å². The molecule has 2 aliphatic rings. The minimum absolute atomic E-state index is 0. The maximum atomic E-state index is 6.28. The zero-order valence-corrected chi connectivity index (χ0v) is 17.3. The summed E-state index contributed by atoms with van der Waals surface area (Å²) in [6, 6.07) is 8.33. The van der Waals surface area contributed by atoms with Gasteiger partial charge in [-0.3, -0.25) is 0 Å². The highest BCUT2D eigenvalue weighted by Gasteiger charge is 2.17. The van der Waals surface area contributed by atoms with Crippen LogP contribution in [0.25, 0.3) is 0 Å². The fourth-order valence-electron chi connectivity index (χ4n) is 3.51. The van der Waals surface area contributed by atoms with Crippen LogP contribution in [0.5, 0.6) is 0 Å². The van der Waals surface area contributed by atoms with Crippen molar-refractivity contribution in [2.45, 2.75) is 31.8 Å². The number of aryl methyl sites for hydroxylation is 1. The van der Waals surface area contributed by atoms with Gasteiger partial charge in [-0.05, 0) is 49.9 Å². The van der Waals surface area contributed by atoms with E-state index in [9.17, 15) is 0 Å². The van der Waals surface area contributed by atoms with Gasteiger partial charge in [0.1, 0.15) is 0 Å².